The second kappa shape index (κ2) is 7.40. The number of hydrogen-bond acceptors (Lipinski definition) is 4. The van der Waals surface area contributed by atoms with Crippen LogP contribution in [0.15, 0.2) is 24.3 Å². The van der Waals surface area contributed by atoms with Gasteiger partial charge in [-0.2, -0.15) is 0 Å². The largest absolute Gasteiger partial charge is 0.376 e. The molecule has 2 aromatic rings. The van der Waals surface area contributed by atoms with Gasteiger partial charge in [0.1, 0.15) is 5.82 Å². The number of ether oxygens (including phenoxy) is 1. The molecule has 3 rings (SSSR count). The minimum Gasteiger partial charge on any atom is -0.376 e. The second-order valence-electron chi connectivity index (χ2n) is 6.10. The number of halogens is 1. The van der Waals surface area contributed by atoms with Crippen molar-refractivity contribution in [3.63, 3.8) is 0 Å². The van der Waals surface area contributed by atoms with E-state index in [0.29, 0.717) is 0 Å². The Balaban J connectivity index is 1.70. The molecule has 1 aliphatic rings. The Morgan fingerprint density at radius 3 is 2.88 bits per heavy atom. The van der Waals surface area contributed by atoms with Gasteiger partial charge in [0, 0.05) is 17.0 Å². The first-order chi connectivity index (χ1) is 11.5. The molecule has 1 fully saturated rings. The summed E-state index contributed by atoms with van der Waals surface area (Å²) in [6, 6.07) is 6.21. The lowest BCUT2D eigenvalue weighted by molar-refractivity contribution is -0.121. The minimum absolute atomic E-state index is 0.00305. The smallest absolute Gasteiger partial charge is 0.225 e. The lowest BCUT2D eigenvalue weighted by Crippen LogP contribution is -2.41. The molecule has 6 heteroatoms. The molecule has 1 aromatic heterocycles. The third kappa shape index (κ3) is 3.99. The Bertz CT molecular complexity index is 708. The van der Waals surface area contributed by atoms with E-state index in [4.69, 9.17) is 4.74 Å². The van der Waals surface area contributed by atoms with E-state index in [1.165, 1.54) is 23.5 Å². The molecule has 0 saturated carbocycles. The minimum atomic E-state index is -0.282. The van der Waals surface area contributed by atoms with Crippen molar-refractivity contribution >= 4 is 17.2 Å². The summed E-state index contributed by atoms with van der Waals surface area (Å²) >= 11 is 1.50. The van der Waals surface area contributed by atoms with Crippen molar-refractivity contribution in [2.75, 3.05) is 6.61 Å². The molecule has 0 spiro atoms. The predicted molar refractivity (Wildman–Crippen MR) is 92.5 cm³/mol. The van der Waals surface area contributed by atoms with Gasteiger partial charge in [0.05, 0.1) is 29.3 Å². The van der Waals surface area contributed by atoms with Crippen molar-refractivity contribution in [3.8, 4) is 11.3 Å². The number of rotatable bonds is 5. The van der Waals surface area contributed by atoms with Gasteiger partial charge < -0.3 is 10.1 Å². The van der Waals surface area contributed by atoms with Crippen LogP contribution in [0, 0.1) is 12.7 Å². The normalized spacial score (nSPS) is 18.5. The Labute approximate surface area is 145 Å². The molecular weight excluding hydrogens is 327 g/mol. The molecule has 1 aliphatic heterocycles. The molecule has 2 atom stereocenters. The highest BCUT2D eigenvalue weighted by atomic mass is 32.1. The maximum Gasteiger partial charge on any atom is 0.225 e. The molecule has 1 N–H and O–H groups in total. The number of carbonyl (C=O) groups is 1. The highest BCUT2D eigenvalue weighted by molar-refractivity contribution is 7.12. The number of aromatic nitrogens is 1. The van der Waals surface area contributed by atoms with Crippen molar-refractivity contribution in [1.29, 1.82) is 0 Å². The van der Waals surface area contributed by atoms with Crippen LogP contribution in [0.25, 0.3) is 11.3 Å². The van der Waals surface area contributed by atoms with E-state index in [0.717, 1.165) is 40.6 Å². The molecule has 1 amide bonds. The Hall–Kier alpha value is -1.79. The topological polar surface area (TPSA) is 51.2 Å². The summed E-state index contributed by atoms with van der Waals surface area (Å²) in [5, 5.41) is 3.92. The van der Waals surface area contributed by atoms with Gasteiger partial charge in [-0.15, -0.1) is 11.3 Å². The second-order valence-corrected chi connectivity index (χ2v) is 7.38. The number of carbonyl (C=O) groups excluding carboxylic acids is 1. The number of aryl methyl sites for hydroxylation is 1. The lowest BCUT2D eigenvalue weighted by atomic mass is 10.1. The number of hydrogen-bond donors (Lipinski definition) is 1. The summed E-state index contributed by atoms with van der Waals surface area (Å²) in [6.45, 7) is 4.66. The fraction of sp³-hybridized carbons (Fsp3) is 0.444. The molecule has 24 heavy (non-hydrogen) atoms. The quantitative estimate of drug-likeness (QED) is 0.900. The first-order valence-corrected chi connectivity index (χ1v) is 8.98. The maximum absolute atomic E-state index is 13.1. The SMILES string of the molecule is Cc1nc(-c2ccc(F)cc2)c(CC(=O)N[C@H](C)[C@H]2CCCO2)s1. The van der Waals surface area contributed by atoms with E-state index in [-0.39, 0.29) is 30.3 Å². The van der Waals surface area contributed by atoms with Crippen LogP contribution in [0.1, 0.15) is 29.7 Å². The average Bonchev–Trinajstić information content (AvgIpc) is 3.18. The molecule has 0 aliphatic carbocycles. The third-order valence-corrected chi connectivity index (χ3v) is 5.13. The summed E-state index contributed by atoms with van der Waals surface area (Å²) in [5.74, 6) is -0.319. The molecular formula is C18H21FN2O2S. The summed E-state index contributed by atoms with van der Waals surface area (Å²) in [6.07, 6.45) is 2.42. The maximum atomic E-state index is 13.1. The van der Waals surface area contributed by atoms with E-state index >= 15 is 0 Å². The average molecular weight is 348 g/mol. The molecule has 1 aromatic carbocycles. The van der Waals surface area contributed by atoms with E-state index < -0.39 is 0 Å². The molecule has 1 saturated heterocycles. The van der Waals surface area contributed by atoms with E-state index in [2.05, 4.69) is 10.3 Å². The van der Waals surface area contributed by atoms with Crippen molar-refractivity contribution in [2.24, 2.45) is 0 Å². The third-order valence-electron chi connectivity index (χ3n) is 4.15. The van der Waals surface area contributed by atoms with Gasteiger partial charge in [0.25, 0.3) is 0 Å². The van der Waals surface area contributed by atoms with E-state index in [9.17, 15) is 9.18 Å². The van der Waals surface area contributed by atoms with Crippen LogP contribution in [0.2, 0.25) is 0 Å². The number of nitrogens with zero attached hydrogens (tertiary/aromatic N) is 1. The van der Waals surface area contributed by atoms with Crippen LogP contribution in [0.3, 0.4) is 0 Å². The zero-order valence-electron chi connectivity index (χ0n) is 13.8. The van der Waals surface area contributed by atoms with Gasteiger partial charge >= 0.3 is 0 Å². The number of thiazole rings is 1. The Kier molecular flexibility index (Phi) is 5.26. The monoisotopic (exact) mass is 348 g/mol. The highest BCUT2D eigenvalue weighted by Gasteiger charge is 2.24. The molecule has 128 valence electrons. The molecule has 2 heterocycles. The molecule has 0 radical (unpaired) electrons. The van der Waals surface area contributed by atoms with Crippen LogP contribution < -0.4 is 5.32 Å². The van der Waals surface area contributed by atoms with Crippen LogP contribution in [-0.4, -0.2) is 29.6 Å². The number of nitrogens with one attached hydrogen (secondary N) is 1. The predicted octanol–water partition coefficient (Wildman–Crippen LogP) is 3.48. The summed E-state index contributed by atoms with van der Waals surface area (Å²) in [7, 11) is 0. The highest BCUT2D eigenvalue weighted by Crippen LogP contribution is 2.28. The fourth-order valence-electron chi connectivity index (χ4n) is 2.96. The van der Waals surface area contributed by atoms with E-state index in [1.807, 2.05) is 13.8 Å². The number of amides is 1. The van der Waals surface area contributed by atoms with Crippen LogP contribution in [0.5, 0.6) is 0 Å². The lowest BCUT2D eigenvalue weighted by Gasteiger charge is -2.19. The zero-order chi connectivity index (χ0) is 17.1. The van der Waals surface area contributed by atoms with Gasteiger partial charge in [-0.3, -0.25) is 4.79 Å². The van der Waals surface area contributed by atoms with Gasteiger partial charge in [0.15, 0.2) is 0 Å². The zero-order valence-corrected chi connectivity index (χ0v) is 14.7. The van der Waals surface area contributed by atoms with Crippen LogP contribution in [0.4, 0.5) is 4.39 Å². The van der Waals surface area contributed by atoms with Gasteiger partial charge in [-0.05, 0) is 51.0 Å². The number of benzene rings is 1. The molecule has 4 nitrogen and oxygen atoms in total. The first-order valence-electron chi connectivity index (χ1n) is 8.16. The van der Waals surface area contributed by atoms with Gasteiger partial charge in [-0.25, -0.2) is 9.37 Å². The fourth-order valence-corrected chi connectivity index (χ4v) is 3.92. The molecule has 0 bridgehead atoms. The first kappa shape index (κ1) is 17.0. The summed E-state index contributed by atoms with van der Waals surface area (Å²) < 4.78 is 18.7. The van der Waals surface area contributed by atoms with Crippen LogP contribution in [-0.2, 0) is 16.0 Å². The summed E-state index contributed by atoms with van der Waals surface area (Å²) in [4.78, 5) is 17.8. The van der Waals surface area contributed by atoms with Gasteiger partial charge in [-0.1, -0.05) is 0 Å². The molecule has 0 unspecified atom stereocenters. The van der Waals surface area contributed by atoms with E-state index in [1.54, 1.807) is 12.1 Å². The van der Waals surface area contributed by atoms with Crippen molar-refractivity contribution in [1.82, 2.24) is 10.3 Å². The van der Waals surface area contributed by atoms with Crippen molar-refractivity contribution < 1.29 is 13.9 Å². The van der Waals surface area contributed by atoms with Gasteiger partial charge in [0.2, 0.25) is 5.91 Å². The Morgan fingerprint density at radius 1 is 1.46 bits per heavy atom. The van der Waals surface area contributed by atoms with Crippen LogP contribution >= 0.6 is 11.3 Å². The van der Waals surface area contributed by atoms with Crippen molar-refractivity contribution in [3.05, 3.63) is 40.0 Å². The van der Waals surface area contributed by atoms with Crippen molar-refractivity contribution in [2.45, 2.75) is 45.3 Å². The standard InChI is InChI=1S/C18H21FN2O2S/c1-11(15-4-3-9-23-15)20-17(22)10-16-18(21-12(2)24-16)13-5-7-14(19)8-6-13/h5-8,11,15H,3-4,9-10H2,1-2H3,(H,20,22)/t11-,15-/m1/s1. The summed E-state index contributed by atoms with van der Waals surface area (Å²) in [5.41, 5.74) is 1.59. The Morgan fingerprint density at radius 2 is 2.21 bits per heavy atom.